The molecule has 7 heteroatoms. The van der Waals surface area contributed by atoms with Crippen LogP contribution in [0.1, 0.15) is 12.8 Å². The summed E-state index contributed by atoms with van der Waals surface area (Å²) in [6.45, 7) is 2.06. The van der Waals surface area contributed by atoms with Crippen molar-refractivity contribution >= 4 is 29.1 Å². The van der Waals surface area contributed by atoms with Gasteiger partial charge in [0.25, 0.3) is 0 Å². The molecular formula is C16H20ClN3O3. The Morgan fingerprint density at radius 1 is 1.48 bits per heavy atom. The lowest BCUT2D eigenvalue weighted by molar-refractivity contribution is -0.126. The molecule has 3 rings (SSSR count). The van der Waals surface area contributed by atoms with Crippen molar-refractivity contribution < 1.29 is 14.3 Å². The van der Waals surface area contributed by atoms with E-state index >= 15 is 0 Å². The average molecular weight is 338 g/mol. The molecule has 2 heterocycles. The fourth-order valence-electron chi connectivity index (χ4n) is 3.09. The summed E-state index contributed by atoms with van der Waals surface area (Å²) in [6, 6.07) is 5.29. The predicted octanol–water partition coefficient (Wildman–Crippen LogP) is 1.18. The van der Waals surface area contributed by atoms with Crippen LogP contribution in [-0.4, -0.2) is 44.6 Å². The molecule has 2 atom stereocenters. The number of halogens is 1. The molecule has 2 aliphatic rings. The van der Waals surface area contributed by atoms with Crippen LogP contribution in [0.3, 0.4) is 0 Å². The van der Waals surface area contributed by atoms with Crippen LogP contribution in [0.5, 0.6) is 5.75 Å². The van der Waals surface area contributed by atoms with Gasteiger partial charge in [0.15, 0.2) is 0 Å². The van der Waals surface area contributed by atoms with Crippen LogP contribution in [0.15, 0.2) is 18.2 Å². The molecule has 2 aliphatic heterocycles. The SMILES string of the molecule is COc1ccc(Cl)cc1N1CC(C(=O)NC2CCNC2)CC1=O. The van der Waals surface area contributed by atoms with E-state index in [1.807, 2.05) is 0 Å². The van der Waals surface area contributed by atoms with E-state index in [4.69, 9.17) is 16.3 Å². The van der Waals surface area contributed by atoms with Crippen LogP contribution < -0.4 is 20.3 Å². The maximum Gasteiger partial charge on any atom is 0.227 e. The molecule has 1 aromatic rings. The Labute approximate surface area is 140 Å². The lowest BCUT2D eigenvalue weighted by atomic mass is 10.1. The molecule has 2 N–H and O–H groups in total. The summed E-state index contributed by atoms with van der Waals surface area (Å²) in [5.41, 5.74) is 0.614. The number of benzene rings is 1. The largest absolute Gasteiger partial charge is 0.495 e. The summed E-state index contributed by atoms with van der Waals surface area (Å²) < 4.78 is 5.30. The van der Waals surface area contributed by atoms with Gasteiger partial charge in [0.05, 0.1) is 18.7 Å². The lowest BCUT2D eigenvalue weighted by Crippen LogP contribution is -2.40. The Balaban J connectivity index is 1.72. The molecular weight excluding hydrogens is 318 g/mol. The summed E-state index contributed by atoms with van der Waals surface area (Å²) in [5, 5.41) is 6.75. The van der Waals surface area contributed by atoms with Gasteiger partial charge >= 0.3 is 0 Å². The molecule has 0 radical (unpaired) electrons. The number of anilines is 1. The zero-order valence-electron chi connectivity index (χ0n) is 13.0. The van der Waals surface area contributed by atoms with Gasteiger partial charge < -0.3 is 20.3 Å². The molecule has 23 heavy (non-hydrogen) atoms. The molecule has 124 valence electrons. The first-order valence-electron chi connectivity index (χ1n) is 7.73. The smallest absolute Gasteiger partial charge is 0.227 e. The number of hydrogen-bond acceptors (Lipinski definition) is 4. The highest BCUT2D eigenvalue weighted by atomic mass is 35.5. The van der Waals surface area contributed by atoms with E-state index in [0.29, 0.717) is 23.0 Å². The van der Waals surface area contributed by atoms with Crippen LogP contribution >= 0.6 is 11.6 Å². The van der Waals surface area contributed by atoms with Gasteiger partial charge in [0.2, 0.25) is 11.8 Å². The monoisotopic (exact) mass is 337 g/mol. The number of methoxy groups -OCH3 is 1. The minimum atomic E-state index is -0.341. The van der Waals surface area contributed by atoms with Gasteiger partial charge in [-0.2, -0.15) is 0 Å². The Kier molecular flexibility index (Phi) is 4.73. The fourth-order valence-corrected chi connectivity index (χ4v) is 3.25. The number of rotatable bonds is 4. The van der Waals surface area contributed by atoms with Gasteiger partial charge in [0, 0.05) is 30.6 Å². The third-order valence-corrected chi connectivity index (χ3v) is 4.57. The summed E-state index contributed by atoms with van der Waals surface area (Å²) in [5.74, 6) is 0.0846. The van der Waals surface area contributed by atoms with Crippen molar-refractivity contribution in [3.8, 4) is 5.75 Å². The molecule has 2 unspecified atom stereocenters. The van der Waals surface area contributed by atoms with E-state index < -0.39 is 0 Å². The molecule has 2 fully saturated rings. The molecule has 0 aromatic heterocycles. The summed E-state index contributed by atoms with van der Waals surface area (Å²) in [4.78, 5) is 26.3. The lowest BCUT2D eigenvalue weighted by Gasteiger charge is -2.20. The third kappa shape index (κ3) is 3.43. The Morgan fingerprint density at radius 2 is 2.30 bits per heavy atom. The fraction of sp³-hybridized carbons (Fsp3) is 0.500. The van der Waals surface area contributed by atoms with Crippen LogP contribution in [0.2, 0.25) is 5.02 Å². The van der Waals surface area contributed by atoms with Crippen molar-refractivity contribution in [3.05, 3.63) is 23.2 Å². The zero-order valence-corrected chi connectivity index (χ0v) is 13.7. The van der Waals surface area contributed by atoms with E-state index in [-0.39, 0.29) is 30.2 Å². The molecule has 0 saturated carbocycles. The number of amides is 2. The second-order valence-corrected chi connectivity index (χ2v) is 6.36. The second-order valence-electron chi connectivity index (χ2n) is 5.92. The number of nitrogens with one attached hydrogen (secondary N) is 2. The predicted molar refractivity (Wildman–Crippen MR) is 87.9 cm³/mol. The van der Waals surface area contributed by atoms with Gasteiger partial charge in [-0.1, -0.05) is 11.6 Å². The normalized spacial score (nSPS) is 24.1. The number of ether oxygens (including phenoxy) is 1. The van der Waals surface area contributed by atoms with Gasteiger partial charge in [0.1, 0.15) is 5.75 Å². The van der Waals surface area contributed by atoms with E-state index in [0.717, 1.165) is 19.5 Å². The zero-order chi connectivity index (χ0) is 16.4. The topological polar surface area (TPSA) is 70.7 Å². The Morgan fingerprint density at radius 3 is 3.00 bits per heavy atom. The first-order chi connectivity index (χ1) is 11.1. The average Bonchev–Trinajstić information content (AvgIpc) is 3.16. The van der Waals surface area contributed by atoms with Crippen molar-refractivity contribution in [2.24, 2.45) is 5.92 Å². The highest BCUT2D eigenvalue weighted by Gasteiger charge is 2.37. The number of hydrogen-bond donors (Lipinski definition) is 2. The Hall–Kier alpha value is -1.79. The van der Waals surface area contributed by atoms with Crippen molar-refractivity contribution in [2.45, 2.75) is 18.9 Å². The van der Waals surface area contributed by atoms with Crippen molar-refractivity contribution in [1.29, 1.82) is 0 Å². The van der Waals surface area contributed by atoms with Gasteiger partial charge in [-0.25, -0.2) is 0 Å². The molecule has 2 saturated heterocycles. The quantitative estimate of drug-likeness (QED) is 0.865. The number of carbonyl (C=O) groups is 2. The summed E-state index contributed by atoms with van der Waals surface area (Å²) in [6.07, 6.45) is 1.14. The van der Waals surface area contributed by atoms with Crippen molar-refractivity contribution in [1.82, 2.24) is 10.6 Å². The van der Waals surface area contributed by atoms with E-state index in [1.165, 1.54) is 0 Å². The molecule has 6 nitrogen and oxygen atoms in total. The highest BCUT2D eigenvalue weighted by molar-refractivity contribution is 6.31. The molecule has 1 aromatic carbocycles. The first kappa shape index (κ1) is 16.1. The maximum atomic E-state index is 12.4. The van der Waals surface area contributed by atoms with Crippen molar-refractivity contribution in [2.75, 3.05) is 31.6 Å². The summed E-state index contributed by atoms with van der Waals surface area (Å²) >= 11 is 6.03. The Bertz CT molecular complexity index is 617. The van der Waals surface area contributed by atoms with E-state index in [1.54, 1.807) is 30.2 Å². The molecule has 0 spiro atoms. The van der Waals surface area contributed by atoms with E-state index in [9.17, 15) is 9.59 Å². The van der Waals surface area contributed by atoms with Gasteiger partial charge in [-0.15, -0.1) is 0 Å². The van der Waals surface area contributed by atoms with Crippen LogP contribution in [-0.2, 0) is 9.59 Å². The summed E-state index contributed by atoms with van der Waals surface area (Å²) in [7, 11) is 1.55. The minimum absolute atomic E-state index is 0.0597. The van der Waals surface area contributed by atoms with Crippen LogP contribution in [0.4, 0.5) is 5.69 Å². The van der Waals surface area contributed by atoms with E-state index in [2.05, 4.69) is 10.6 Å². The number of carbonyl (C=O) groups excluding carboxylic acids is 2. The third-order valence-electron chi connectivity index (χ3n) is 4.33. The molecule has 2 amide bonds. The second kappa shape index (κ2) is 6.76. The highest BCUT2D eigenvalue weighted by Crippen LogP contribution is 2.35. The molecule has 0 bridgehead atoms. The van der Waals surface area contributed by atoms with Crippen LogP contribution in [0.25, 0.3) is 0 Å². The standard InChI is InChI=1S/C16H20ClN3O3/c1-23-14-3-2-11(17)7-13(14)20-9-10(6-15(20)21)16(22)19-12-4-5-18-8-12/h2-3,7,10,12,18H,4-6,8-9H2,1H3,(H,19,22). The first-order valence-corrected chi connectivity index (χ1v) is 8.11. The van der Waals surface area contributed by atoms with Gasteiger partial charge in [-0.3, -0.25) is 9.59 Å². The number of nitrogens with zero attached hydrogens (tertiary/aromatic N) is 1. The van der Waals surface area contributed by atoms with Crippen molar-refractivity contribution in [3.63, 3.8) is 0 Å². The maximum absolute atomic E-state index is 12.4. The van der Waals surface area contributed by atoms with Crippen LogP contribution in [0, 0.1) is 5.92 Å². The van der Waals surface area contributed by atoms with Gasteiger partial charge in [-0.05, 0) is 31.2 Å². The molecule has 0 aliphatic carbocycles. The minimum Gasteiger partial charge on any atom is -0.495 e.